The van der Waals surface area contributed by atoms with E-state index >= 15 is 0 Å². The summed E-state index contributed by atoms with van der Waals surface area (Å²) < 4.78 is 0. The maximum Gasteiger partial charge on any atom is 0.237 e. The average molecular weight is 244 g/mol. The Labute approximate surface area is 103 Å². The first-order valence-electron chi connectivity index (χ1n) is 6.38. The van der Waals surface area contributed by atoms with E-state index in [0.29, 0.717) is 13.1 Å². The van der Waals surface area contributed by atoms with Crippen LogP contribution in [0.2, 0.25) is 0 Å². The molecular weight excluding hydrogens is 220 g/mol. The number of aliphatic hydroxyl groups excluding tert-OH is 2. The maximum atomic E-state index is 11.9. The zero-order valence-corrected chi connectivity index (χ0v) is 10.7. The topological polar surface area (TPSA) is 72.8 Å². The lowest BCUT2D eigenvalue weighted by Crippen LogP contribution is -2.50. The van der Waals surface area contributed by atoms with Gasteiger partial charge >= 0.3 is 0 Å². The van der Waals surface area contributed by atoms with E-state index in [9.17, 15) is 15.0 Å². The Hall–Kier alpha value is -0.650. The highest BCUT2D eigenvalue weighted by molar-refractivity contribution is 5.81. The third kappa shape index (κ3) is 5.02. The van der Waals surface area contributed by atoms with Crippen LogP contribution in [0.15, 0.2) is 0 Å². The lowest BCUT2D eigenvalue weighted by molar-refractivity contribution is -0.127. The molecule has 0 bridgehead atoms. The van der Waals surface area contributed by atoms with Crippen molar-refractivity contribution >= 4 is 5.91 Å². The van der Waals surface area contributed by atoms with E-state index in [4.69, 9.17) is 0 Å². The summed E-state index contributed by atoms with van der Waals surface area (Å²) >= 11 is 0. The molecule has 1 aliphatic rings. The highest BCUT2D eigenvalue weighted by atomic mass is 16.3. The fourth-order valence-electron chi connectivity index (χ4n) is 2.28. The van der Waals surface area contributed by atoms with Gasteiger partial charge in [0.05, 0.1) is 18.2 Å². The highest BCUT2D eigenvalue weighted by Crippen LogP contribution is 2.13. The van der Waals surface area contributed by atoms with Gasteiger partial charge in [0.1, 0.15) is 0 Å². The van der Waals surface area contributed by atoms with Crippen molar-refractivity contribution in [3.63, 3.8) is 0 Å². The predicted octanol–water partition coefficient (Wildman–Crippen LogP) is -0.281. The van der Waals surface area contributed by atoms with Crippen LogP contribution in [0, 0.1) is 0 Å². The Balaban J connectivity index is 2.67. The van der Waals surface area contributed by atoms with Gasteiger partial charge in [-0.25, -0.2) is 0 Å². The Morgan fingerprint density at radius 3 is 2.41 bits per heavy atom. The summed E-state index contributed by atoms with van der Waals surface area (Å²) in [6, 6.07) is -0.221. The van der Waals surface area contributed by atoms with Gasteiger partial charge in [0.2, 0.25) is 5.91 Å². The Morgan fingerprint density at radius 1 is 1.29 bits per heavy atom. The molecule has 0 aliphatic carbocycles. The van der Waals surface area contributed by atoms with Crippen molar-refractivity contribution in [2.45, 2.75) is 51.4 Å². The van der Waals surface area contributed by atoms with Crippen LogP contribution in [0.1, 0.15) is 33.1 Å². The third-order valence-electron chi connectivity index (χ3n) is 2.94. The van der Waals surface area contributed by atoms with Crippen LogP contribution >= 0.6 is 0 Å². The number of rotatable bonds is 5. The lowest BCUT2D eigenvalue weighted by atomic mass is 10.1. The Bertz CT molecular complexity index is 234. The Kier molecular flexibility index (Phi) is 5.88. The van der Waals surface area contributed by atoms with Crippen molar-refractivity contribution in [1.82, 2.24) is 10.2 Å². The summed E-state index contributed by atoms with van der Waals surface area (Å²) in [6.07, 6.45) is 1.80. The number of hydrogen-bond donors (Lipinski definition) is 3. The monoisotopic (exact) mass is 244 g/mol. The molecule has 1 heterocycles. The van der Waals surface area contributed by atoms with Crippen LogP contribution < -0.4 is 5.32 Å². The summed E-state index contributed by atoms with van der Waals surface area (Å²) in [6.45, 7) is 4.96. The van der Waals surface area contributed by atoms with Crippen LogP contribution in [-0.2, 0) is 4.79 Å². The van der Waals surface area contributed by atoms with Crippen LogP contribution in [0.4, 0.5) is 0 Å². The van der Waals surface area contributed by atoms with Gasteiger partial charge in [-0.3, -0.25) is 9.69 Å². The quantitative estimate of drug-likeness (QED) is 0.622. The standard InChI is InChI=1S/C12H24N2O3/c1-9(15)7-14(8-10(2)16)11-5-3-4-6-13-12(11)17/h9-11,15-16H,3-8H2,1-2H3,(H,13,17)/t9?,10?,11-/m0/s1. The van der Waals surface area contributed by atoms with Gasteiger partial charge in [0, 0.05) is 19.6 Å². The fraction of sp³-hybridized carbons (Fsp3) is 0.917. The van der Waals surface area contributed by atoms with Gasteiger partial charge in [0.25, 0.3) is 0 Å². The number of nitrogens with one attached hydrogen (secondary N) is 1. The van der Waals surface area contributed by atoms with Gasteiger partial charge in [0.15, 0.2) is 0 Å². The average Bonchev–Trinajstić information content (AvgIpc) is 2.40. The maximum absolute atomic E-state index is 11.9. The molecule has 1 aliphatic heterocycles. The van der Waals surface area contributed by atoms with Gasteiger partial charge in [-0.1, -0.05) is 0 Å². The van der Waals surface area contributed by atoms with Crippen LogP contribution in [0.5, 0.6) is 0 Å². The van der Waals surface area contributed by atoms with E-state index in [1.54, 1.807) is 13.8 Å². The number of aliphatic hydroxyl groups is 2. The fourth-order valence-corrected chi connectivity index (χ4v) is 2.28. The first kappa shape index (κ1) is 14.4. The molecule has 0 aromatic carbocycles. The van der Waals surface area contributed by atoms with Gasteiger partial charge in [-0.05, 0) is 33.1 Å². The van der Waals surface area contributed by atoms with Crippen molar-refractivity contribution in [3.05, 3.63) is 0 Å². The van der Waals surface area contributed by atoms with E-state index in [1.165, 1.54) is 0 Å². The molecule has 0 radical (unpaired) electrons. The number of amides is 1. The smallest absolute Gasteiger partial charge is 0.237 e. The molecule has 0 aromatic heterocycles. The molecule has 17 heavy (non-hydrogen) atoms. The molecule has 3 atom stereocenters. The number of nitrogens with zero attached hydrogens (tertiary/aromatic N) is 1. The minimum Gasteiger partial charge on any atom is -0.392 e. The zero-order valence-electron chi connectivity index (χ0n) is 10.7. The van der Waals surface area contributed by atoms with Crippen molar-refractivity contribution in [2.24, 2.45) is 0 Å². The zero-order chi connectivity index (χ0) is 12.8. The van der Waals surface area contributed by atoms with Gasteiger partial charge in [-0.2, -0.15) is 0 Å². The van der Waals surface area contributed by atoms with E-state index in [0.717, 1.165) is 25.8 Å². The molecule has 1 fully saturated rings. The van der Waals surface area contributed by atoms with Crippen molar-refractivity contribution < 1.29 is 15.0 Å². The molecule has 0 spiro atoms. The van der Waals surface area contributed by atoms with E-state index < -0.39 is 12.2 Å². The van der Waals surface area contributed by atoms with E-state index in [2.05, 4.69) is 5.32 Å². The summed E-state index contributed by atoms with van der Waals surface area (Å²) in [5.41, 5.74) is 0. The summed E-state index contributed by atoms with van der Waals surface area (Å²) in [7, 11) is 0. The number of hydrogen-bond acceptors (Lipinski definition) is 4. The third-order valence-corrected chi connectivity index (χ3v) is 2.94. The minimum atomic E-state index is -0.496. The normalized spacial score (nSPS) is 25.2. The molecule has 0 saturated carbocycles. The second-order valence-corrected chi connectivity index (χ2v) is 4.95. The van der Waals surface area contributed by atoms with Crippen molar-refractivity contribution in [3.8, 4) is 0 Å². The number of carbonyl (C=O) groups excluding carboxylic acids is 1. The first-order chi connectivity index (χ1) is 8.00. The molecule has 1 saturated heterocycles. The molecule has 5 heteroatoms. The Morgan fingerprint density at radius 2 is 1.88 bits per heavy atom. The number of carbonyl (C=O) groups is 1. The summed E-state index contributed by atoms with van der Waals surface area (Å²) in [4.78, 5) is 13.8. The highest BCUT2D eigenvalue weighted by Gasteiger charge is 2.28. The largest absolute Gasteiger partial charge is 0.392 e. The van der Waals surface area contributed by atoms with E-state index in [1.807, 2.05) is 4.90 Å². The summed E-state index contributed by atoms with van der Waals surface area (Å²) in [5, 5.41) is 21.8. The minimum absolute atomic E-state index is 0.0174. The molecule has 1 rings (SSSR count). The molecular formula is C12H24N2O3. The molecule has 100 valence electrons. The van der Waals surface area contributed by atoms with Crippen molar-refractivity contribution in [2.75, 3.05) is 19.6 Å². The van der Waals surface area contributed by atoms with Crippen LogP contribution in [-0.4, -0.2) is 58.9 Å². The second-order valence-electron chi connectivity index (χ2n) is 4.95. The lowest BCUT2D eigenvalue weighted by Gasteiger charge is -2.31. The first-order valence-corrected chi connectivity index (χ1v) is 6.38. The van der Waals surface area contributed by atoms with Crippen LogP contribution in [0.3, 0.4) is 0 Å². The molecule has 2 unspecified atom stereocenters. The molecule has 3 N–H and O–H groups in total. The summed E-state index contributed by atoms with van der Waals surface area (Å²) in [5.74, 6) is 0.0174. The molecule has 0 aromatic rings. The molecule has 5 nitrogen and oxygen atoms in total. The van der Waals surface area contributed by atoms with E-state index in [-0.39, 0.29) is 11.9 Å². The van der Waals surface area contributed by atoms with Gasteiger partial charge in [-0.15, -0.1) is 0 Å². The predicted molar refractivity (Wildman–Crippen MR) is 65.6 cm³/mol. The molecule has 1 amide bonds. The van der Waals surface area contributed by atoms with Crippen LogP contribution in [0.25, 0.3) is 0 Å². The second kappa shape index (κ2) is 6.93. The SMILES string of the molecule is CC(O)CN(CC(C)O)[C@H]1CCCCNC1=O. The van der Waals surface area contributed by atoms with Crippen molar-refractivity contribution in [1.29, 1.82) is 0 Å². The van der Waals surface area contributed by atoms with Gasteiger partial charge < -0.3 is 15.5 Å².